The van der Waals surface area contributed by atoms with Crippen LogP contribution in [0.2, 0.25) is 0 Å². The van der Waals surface area contributed by atoms with E-state index in [1.54, 1.807) is 0 Å². The molecule has 1 aromatic rings. The van der Waals surface area contributed by atoms with Crippen molar-refractivity contribution in [3.8, 4) is 0 Å². The van der Waals surface area contributed by atoms with Crippen molar-refractivity contribution >= 4 is 23.4 Å². The number of nitrogens with zero attached hydrogens (tertiary/aromatic N) is 3. The van der Waals surface area contributed by atoms with Crippen molar-refractivity contribution in [2.24, 2.45) is 0 Å². The average molecular weight is 292 g/mol. The Balaban J connectivity index is 1.82. The van der Waals surface area contributed by atoms with Crippen molar-refractivity contribution in [2.45, 2.75) is 44.3 Å². The number of thioether (sulfide) groups is 1. The molecule has 0 amide bonds. The van der Waals surface area contributed by atoms with Gasteiger partial charge in [-0.3, -0.25) is 0 Å². The van der Waals surface area contributed by atoms with Gasteiger partial charge in [0.1, 0.15) is 17.5 Å². The first-order valence-corrected chi connectivity index (χ1v) is 8.80. The predicted molar refractivity (Wildman–Crippen MR) is 86.9 cm³/mol. The highest BCUT2D eigenvalue weighted by molar-refractivity contribution is 8.00. The lowest BCUT2D eigenvalue weighted by Crippen LogP contribution is -2.37. The van der Waals surface area contributed by atoms with Gasteiger partial charge in [0.25, 0.3) is 0 Å². The minimum absolute atomic E-state index is 0.605. The van der Waals surface area contributed by atoms with E-state index in [0.717, 1.165) is 43.5 Å². The molecule has 110 valence electrons. The van der Waals surface area contributed by atoms with Crippen molar-refractivity contribution in [1.29, 1.82) is 0 Å². The molecule has 1 N–H and O–H groups in total. The topological polar surface area (TPSA) is 41.0 Å². The molecule has 20 heavy (non-hydrogen) atoms. The van der Waals surface area contributed by atoms with E-state index in [4.69, 9.17) is 9.97 Å². The van der Waals surface area contributed by atoms with Gasteiger partial charge in [0.2, 0.25) is 0 Å². The average Bonchev–Trinajstić information content (AvgIpc) is 3.29. The summed E-state index contributed by atoms with van der Waals surface area (Å²) in [5, 5.41) is 4.12. The molecular weight excluding hydrogens is 268 g/mol. The molecule has 5 heteroatoms. The molecule has 0 radical (unpaired) electrons. The van der Waals surface area contributed by atoms with E-state index >= 15 is 0 Å². The molecule has 1 saturated carbocycles. The second kappa shape index (κ2) is 6.20. The third-order valence-corrected chi connectivity index (χ3v) is 4.93. The van der Waals surface area contributed by atoms with Crippen molar-refractivity contribution < 1.29 is 0 Å². The van der Waals surface area contributed by atoms with Gasteiger partial charge in [-0.15, -0.1) is 0 Å². The van der Waals surface area contributed by atoms with Gasteiger partial charge >= 0.3 is 0 Å². The Labute approximate surface area is 125 Å². The van der Waals surface area contributed by atoms with Crippen molar-refractivity contribution in [2.75, 3.05) is 35.6 Å². The van der Waals surface area contributed by atoms with E-state index in [-0.39, 0.29) is 0 Å². The molecule has 1 saturated heterocycles. The zero-order valence-electron chi connectivity index (χ0n) is 12.4. The molecule has 2 aliphatic rings. The zero-order valence-corrected chi connectivity index (χ0v) is 13.2. The van der Waals surface area contributed by atoms with Gasteiger partial charge < -0.3 is 10.2 Å². The van der Waals surface area contributed by atoms with Crippen molar-refractivity contribution in [3.63, 3.8) is 0 Å². The number of rotatable bonds is 5. The van der Waals surface area contributed by atoms with Crippen LogP contribution >= 0.6 is 11.8 Å². The van der Waals surface area contributed by atoms with Gasteiger partial charge in [0.15, 0.2) is 0 Å². The summed E-state index contributed by atoms with van der Waals surface area (Å²) in [6, 6.07) is 2.13. The smallest absolute Gasteiger partial charge is 0.136 e. The van der Waals surface area contributed by atoms with Gasteiger partial charge in [-0.2, -0.15) is 11.8 Å². The first kappa shape index (κ1) is 14.0. The number of anilines is 2. The Morgan fingerprint density at radius 1 is 1.40 bits per heavy atom. The maximum Gasteiger partial charge on any atom is 0.136 e. The largest absolute Gasteiger partial charge is 0.370 e. The fourth-order valence-corrected chi connectivity index (χ4v) is 3.52. The molecule has 1 atom stereocenters. The standard InChI is InChI=1S/C15H24N4S/c1-3-6-16-13-9-14(18-15(17-13)12-4-5-12)19-7-8-20-11(2)10-19/h9,11-12H,3-8,10H2,1-2H3,(H,16,17,18). The molecule has 4 nitrogen and oxygen atoms in total. The summed E-state index contributed by atoms with van der Waals surface area (Å²) in [7, 11) is 0. The summed E-state index contributed by atoms with van der Waals surface area (Å²) in [6.45, 7) is 7.66. The first-order chi connectivity index (χ1) is 9.76. The van der Waals surface area contributed by atoms with Crippen molar-refractivity contribution in [1.82, 2.24) is 9.97 Å². The van der Waals surface area contributed by atoms with Crippen LogP contribution in [-0.2, 0) is 0 Å². The van der Waals surface area contributed by atoms with E-state index in [1.165, 1.54) is 18.6 Å². The van der Waals surface area contributed by atoms with Crippen LogP contribution in [0, 0.1) is 0 Å². The number of aromatic nitrogens is 2. The number of hydrogen-bond donors (Lipinski definition) is 1. The second-order valence-electron chi connectivity index (χ2n) is 5.80. The highest BCUT2D eigenvalue weighted by Gasteiger charge is 2.28. The molecule has 0 spiro atoms. The highest BCUT2D eigenvalue weighted by atomic mass is 32.2. The fourth-order valence-electron chi connectivity index (χ4n) is 2.51. The van der Waals surface area contributed by atoms with Crippen LogP contribution in [0.5, 0.6) is 0 Å². The van der Waals surface area contributed by atoms with Crippen LogP contribution < -0.4 is 10.2 Å². The molecular formula is C15H24N4S. The van der Waals surface area contributed by atoms with Gasteiger partial charge in [0, 0.05) is 42.6 Å². The summed E-state index contributed by atoms with van der Waals surface area (Å²) >= 11 is 2.06. The summed E-state index contributed by atoms with van der Waals surface area (Å²) < 4.78 is 0. The Hall–Kier alpha value is -0.970. The van der Waals surface area contributed by atoms with Crippen LogP contribution in [0.4, 0.5) is 11.6 Å². The zero-order chi connectivity index (χ0) is 13.9. The van der Waals surface area contributed by atoms with Gasteiger partial charge in [-0.25, -0.2) is 9.97 Å². The monoisotopic (exact) mass is 292 g/mol. The molecule has 1 aliphatic heterocycles. The molecule has 2 fully saturated rings. The second-order valence-corrected chi connectivity index (χ2v) is 7.34. The lowest BCUT2D eigenvalue weighted by atomic mass is 10.3. The van der Waals surface area contributed by atoms with Crippen LogP contribution in [0.3, 0.4) is 0 Å². The minimum Gasteiger partial charge on any atom is -0.370 e. The summed E-state index contributed by atoms with van der Waals surface area (Å²) in [5.41, 5.74) is 0. The Kier molecular flexibility index (Phi) is 4.34. The van der Waals surface area contributed by atoms with Crippen LogP contribution in [0.15, 0.2) is 6.07 Å². The van der Waals surface area contributed by atoms with E-state index in [2.05, 4.69) is 41.9 Å². The van der Waals surface area contributed by atoms with E-state index < -0.39 is 0 Å². The molecule has 1 aromatic heterocycles. The van der Waals surface area contributed by atoms with E-state index in [0.29, 0.717) is 11.2 Å². The third kappa shape index (κ3) is 3.37. The van der Waals surface area contributed by atoms with Crippen LogP contribution in [0.25, 0.3) is 0 Å². The maximum absolute atomic E-state index is 4.83. The summed E-state index contributed by atoms with van der Waals surface area (Å²) in [4.78, 5) is 11.9. The molecule has 2 heterocycles. The van der Waals surface area contributed by atoms with Crippen LogP contribution in [-0.4, -0.2) is 40.6 Å². The molecule has 3 rings (SSSR count). The predicted octanol–water partition coefficient (Wildman–Crippen LogP) is 3.12. The fraction of sp³-hybridized carbons (Fsp3) is 0.733. The third-order valence-electron chi connectivity index (χ3n) is 3.79. The molecule has 1 unspecified atom stereocenters. The Morgan fingerprint density at radius 3 is 2.95 bits per heavy atom. The first-order valence-electron chi connectivity index (χ1n) is 7.75. The van der Waals surface area contributed by atoms with Gasteiger partial charge in [-0.05, 0) is 19.3 Å². The van der Waals surface area contributed by atoms with E-state index in [1.807, 2.05) is 0 Å². The van der Waals surface area contributed by atoms with Gasteiger partial charge in [-0.1, -0.05) is 13.8 Å². The van der Waals surface area contributed by atoms with Crippen LogP contribution in [0.1, 0.15) is 44.9 Å². The number of hydrogen-bond acceptors (Lipinski definition) is 5. The normalized spacial score (nSPS) is 22.9. The SMILES string of the molecule is CCCNc1cc(N2CCSC(C)C2)nc(C2CC2)n1. The number of nitrogens with one attached hydrogen (secondary N) is 1. The van der Waals surface area contributed by atoms with E-state index in [9.17, 15) is 0 Å². The van der Waals surface area contributed by atoms with Gasteiger partial charge in [0.05, 0.1) is 0 Å². The maximum atomic E-state index is 4.83. The van der Waals surface area contributed by atoms with Crippen molar-refractivity contribution in [3.05, 3.63) is 11.9 Å². The molecule has 0 bridgehead atoms. The lowest BCUT2D eigenvalue weighted by molar-refractivity contribution is 0.759. The molecule has 1 aliphatic carbocycles. The Morgan fingerprint density at radius 2 is 2.25 bits per heavy atom. The quantitative estimate of drug-likeness (QED) is 0.903. The molecule has 0 aromatic carbocycles. The Bertz CT molecular complexity index is 461. The minimum atomic E-state index is 0.605. The lowest BCUT2D eigenvalue weighted by Gasteiger charge is -2.31. The summed E-state index contributed by atoms with van der Waals surface area (Å²) in [5.74, 6) is 4.97. The highest BCUT2D eigenvalue weighted by Crippen LogP contribution is 2.39. The summed E-state index contributed by atoms with van der Waals surface area (Å²) in [6.07, 6.45) is 3.63.